The fraction of sp³-hybridized carbons (Fsp3) is 0.438. The molecule has 3 aromatic carbocycles. The molecular formula is C32H40O4. The molecule has 4 nitrogen and oxygen atoms in total. The van der Waals surface area contributed by atoms with Crippen LogP contribution in [0.25, 0.3) is 0 Å². The molecule has 0 aliphatic carbocycles. The van der Waals surface area contributed by atoms with E-state index >= 15 is 0 Å². The number of aryl methyl sites for hydroxylation is 1. The Balaban J connectivity index is 2.05. The molecule has 36 heavy (non-hydrogen) atoms. The number of hydrogen-bond acceptors (Lipinski definition) is 4. The van der Waals surface area contributed by atoms with Gasteiger partial charge in [0.2, 0.25) is 0 Å². The van der Waals surface area contributed by atoms with Crippen LogP contribution in [0.2, 0.25) is 0 Å². The minimum absolute atomic E-state index is 0.0206. The third-order valence-corrected chi connectivity index (χ3v) is 8.43. The molecule has 0 fully saturated rings. The van der Waals surface area contributed by atoms with Crippen molar-refractivity contribution in [1.29, 1.82) is 0 Å². The first kappa shape index (κ1) is 26.2. The van der Waals surface area contributed by atoms with Gasteiger partial charge in [-0.3, -0.25) is 0 Å². The molecule has 0 saturated heterocycles. The van der Waals surface area contributed by atoms with Crippen molar-refractivity contribution in [2.24, 2.45) is 0 Å². The zero-order valence-electron chi connectivity index (χ0n) is 23.5. The van der Waals surface area contributed by atoms with E-state index in [0.29, 0.717) is 0 Å². The molecule has 0 aromatic heterocycles. The van der Waals surface area contributed by atoms with Crippen molar-refractivity contribution in [2.45, 2.75) is 74.3 Å². The molecule has 2 unspecified atom stereocenters. The molecule has 1 heterocycles. The molecule has 0 bridgehead atoms. The van der Waals surface area contributed by atoms with Crippen LogP contribution in [0.1, 0.15) is 72.7 Å². The van der Waals surface area contributed by atoms with Crippen LogP contribution in [0.4, 0.5) is 0 Å². The summed E-state index contributed by atoms with van der Waals surface area (Å²) in [6, 6.07) is 6.59. The van der Waals surface area contributed by atoms with Crippen LogP contribution in [0, 0.1) is 62.3 Å². The molecule has 4 heteroatoms. The van der Waals surface area contributed by atoms with E-state index in [0.717, 1.165) is 39.5 Å². The third-order valence-electron chi connectivity index (χ3n) is 8.43. The zero-order valence-corrected chi connectivity index (χ0v) is 23.5. The van der Waals surface area contributed by atoms with Gasteiger partial charge in [0.05, 0.1) is 6.61 Å². The number of rotatable bonds is 6. The Morgan fingerprint density at radius 3 is 1.94 bits per heavy atom. The van der Waals surface area contributed by atoms with E-state index in [2.05, 4.69) is 80.5 Å². The Bertz CT molecular complexity index is 1340. The Morgan fingerprint density at radius 1 is 0.722 bits per heavy atom. The number of methoxy groups -OCH3 is 1. The van der Waals surface area contributed by atoms with Crippen LogP contribution < -0.4 is 9.47 Å². The van der Waals surface area contributed by atoms with Crippen molar-refractivity contribution in [2.75, 3.05) is 20.3 Å². The summed E-state index contributed by atoms with van der Waals surface area (Å²) >= 11 is 0. The van der Waals surface area contributed by atoms with Gasteiger partial charge < -0.3 is 19.3 Å². The Labute approximate surface area is 216 Å². The Morgan fingerprint density at radius 2 is 1.31 bits per heavy atom. The normalized spacial score (nSPS) is 15.2. The summed E-state index contributed by atoms with van der Waals surface area (Å²) in [6.45, 7) is 19.9. The van der Waals surface area contributed by atoms with Gasteiger partial charge in [0, 0.05) is 24.2 Å². The van der Waals surface area contributed by atoms with Gasteiger partial charge in [-0.2, -0.15) is 0 Å². The summed E-state index contributed by atoms with van der Waals surface area (Å²) in [5.41, 5.74) is 14.5. The number of aliphatic hydroxyl groups is 1. The summed E-state index contributed by atoms with van der Waals surface area (Å²) in [5.74, 6) is 2.76. The van der Waals surface area contributed by atoms with E-state index in [1.165, 1.54) is 44.5 Å². The van der Waals surface area contributed by atoms with Crippen LogP contribution in [0.5, 0.6) is 17.2 Å². The Kier molecular flexibility index (Phi) is 7.23. The lowest BCUT2D eigenvalue weighted by Gasteiger charge is -2.36. The SMILES string of the molecule is COCC(O)COc1c(C)c(C)c2c(c1C)C(c1cccc(C)c1C)c1c(C)c(C)c(C)c(C)c1O2. The van der Waals surface area contributed by atoms with E-state index in [1.54, 1.807) is 7.11 Å². The maximum Gasteiger partial charge on any atom is 0.135 e. The largest absolute Gasteiger partial charge is 0.490 e. The van der Waals surface area contributed by atoms with E-state index < -0.39 is 6.10 Å². The minimum Gasteiger partial charge on any atom is -0.490 e. The number of hydrogen-bond donors (Lipinski definition) is 1. The monoisotopic (exact) mass is 488 g/mol. The lowest BCUT2D eigenvalue weighted by molar-refractivity contribution is 0.0321. The summed E-state index contributed by atoms with van der Waals surface area (Å²) in [7, 11) is 1.58. The number of fused-ring (bicyclic) bond motifs is 2. The highest BCUT2D eigenvalue weighted by Crippen LogP contribution is 2.56. The molecule has 1 aliphatic rings. The van der Waals surface area contributed by atoms with Crippen LogP contribution >= 0.6 is 0 Å². The molecule has 0 amide bonds. The van der Waals surface area contributed by atoms with Gasteiger partial charge in [-0.15, -0.1) is 0 Å². The fourth-order valence-electron chi connectivity index (χ4n) is 5.66. The van der Waals surface area contributed by atoms with E-state index in [-0.39, 0.29) is 19.1 Å². The van der Waals surface area contributed by atoms with Gasteiger partial charge in [-0.05, 0) is 118 Å². The van der Waals surface area contributed by atoms with Gasteiger partial charge in [0.25, 0.3) is 0 Å². The lowest BCUT2D eigenvalue weighted by atomic mass is 9.74. The van der Waals surface area contributed by atoms with Crippen molar-refractivity contribution in [1.82, 2.24) is 0 Å². The summed E-state index contributed by atoms with van der Waals surface area (Å²) in [6.07, 6.45) is -0.688. The quantitative estimate of drug-likeness (QED) is 0.313. The van der Waals surface area contributed by atoms with Gasteiger partial charge in [0.1, 0.15) is 30.0 Å². The maximum absolute atomic E-state index is 10.3. The predicted octanol–water partition coefficient (Wildman–Crippen LogP) is 7.13. The summed E-state index contributed by atoms with van der Waals surface area (Å²) in [5, 5.41) is 10.3. The second-order valence-electron chi connectivity index (χ2n) is 10.4. The highest BCUT2D eigenvalue weighted by atomic mass is 16.5. The summed E-state index contributed by atoms with van der Waals surface area (Å²) in [4.78, 5) is 0. The smallest absolute Gasteiger partial charge is 0.135 e. The number of ether oxygens (including phenoxy) is 3. The lowest BCUT2D eigenvalue weighted by Crippen LogP contribution is -2.24. The minimum atomic E-state index is -0.688. The van der Waals surface area contributed by atoms with Crippen molar-refractivity contribution < 1.29 is 19.3 Å². The molecule has 2 atom stereocenters. The average Bonchev–Trinajstić information content (AvgIpc) is 2.85. The second-order valence-corrected chi connectivity index (χ2v) is 10.4. The van der Waals surface area contributed by atoms with Crippen LogP contribution in [0.15, 0.2) is 18.2 Å². The second kappa shape index (κ2) is 9.91. The molecule has 192 valence electrons. The summed E-state index contributed by atoms with van der Waals surface area (Å²) < 4.78 is 18.2. The standard InChI is InChI=1S/C32H40O4/c1-16-12-11-13-26(17(16)2)29-27-20(5)18(3)19(4)21(6)31(27)36-32-23(8)22(7)30(24(9)28(29)32)35-15-25(33)14-34-10/h11-13,25,29,33H,14-15H2,1-10H3. The van der Waals surface area contributed by atoms with Crippen LogP contribution in [-0.4, -0.2) is 31.5 Å². The molecular weight excluding hydrogens is 448 g/mol. The molecule has 1 aliphatic heterocycles. The van der Waals surface area contributed by atoms with E-state index in [1.807, 2.05) is 0 Å². The highest BCUT2D eigenvalue weighted by Gasteiger charge is 2.37. The molecule has 0 saturated carbocycles. The highest BCUT2D eigenvalue weighted by molar-refractivity contribution is 5.71. The molecule has 1 N–H and O–H groups in total. The first-order valence-corrected chi connectivity index (χ1v) is 12.8. The zero-order chi connectivity index (χ0) is 26.5. The first-order chi connectivity index (χ1) is 17.0. The first-order valence-electron chi connectivity index (χ1n) is 12.8. The van der Waals surface area contributed by atoms with E-state index in [9.17, 15) is 5.11 Å². The number of benzene rings is 3. The van der Waals surface area contributed by atoms with Crippen LogP contribution in [-0.2, 0) is 4.74 Å². The van der Waals surface area contributed by atoms with Gasteiger partial charge in [0.15, 0.2) is 0 Å². The fourth-order valence-corrected chi connectivity index (χ4v) is 5.66. The molecule has 0 spiro atoms. The topological polar surface area (TPSA) is 47.9 Å². The van der Waals surface area contributed by atoms with Gasteiger partial charge >= 0.3 is 0 Å². The van der Waals surface area contributed by atoms with Crippen molar-refractivity contribution in [3.05, 3.63) is 85.0 Å². The van der Waals surface area contributed by atoms with Crippen LogP contribution in [0.3, 0.4) is 0 Å². The Hall–Kier alpha value is -2.82. The average molecular weight is 489 g/mol. The molecule has 4 rings (SSSR count). The van der Waals surface area contributed by atoms with Crippen molar-refractivity contribution in [3.63, 3.8) is 0 Å². The van der Waals surface area contributed by atoms with Crippen molar-refractivity contribution in [3.8, 4) is 17.2 Å². The third kappa shape index (κ3) is 4.10. The van der Waals surface area contributed by atoms with Crippen molar-refractivity contribution >= 4 is 0 Å². The molecule has 3 aromatic rings. The maximum atomic E-state index is 10.3. The van der Waals surface area contributed by atoms with E-state index in [4.69, 9.17) is 14.2 Å². The number of aliphatic hydroxyl groups excluding tert-OH is 1. The van der Waals surface area contributed by atoms with Gasteiger partial charge in [-0.25, -0.2) is 0 Å². The van der Waals surface area contributed by atoms with Gasteiger partial charge in [-0.1, -0.05) is 18.2 Å². The molecule has 0 radical (unpaired) electrons. The predicted molar refractivity (Wildman–Crippen MR) is 146 cm³/mol.